The van der Waals surface area contributed by atoms with E-state index in [2.05, 4.69) is 10.1 Å². The minimum Gasteiger partial charge on any atom is -0.481 e. The molecule has 3 aromatic rings. The van der Waals surface area contributed by atoms with Crippen molar-refractivity contribution < 1.29 is 15.1 Å². The number of oxime groups is 1. The quantitative estimate of drug-likeness (QED) is 0.262. The smallest absolute Gasteiger partial charge is 0.314 e. The van der Waals surface area contributed by atoms with Crippen LogP contribution in [0.4, 0.5) is 0 Å². The summed E-state index contributed by atoms with van der Waals surface area (Å²) in [5, 5.41) is 21.3. The molecular formula is C21H20N4O4. The van der Waals surface area contributed by atoms with Crippen LogP contribution in [-0.2, 0) is 23.7 Å². The van der Waals surface area contributed by atoms with Gasteiger partial charge in [0.25, 0.3) is 5.56 Å². The third-order valence-corrected chi connectivity index (χ3v) is 5.58. The van der Waals surface area contributed by atoms with E-state index in [1.165, 1.54) is 4.57 Å². The number of aromatic nitrogens is 2. The van der Waals surface area contributed by atoms with Gasteiger partial charge < -0.3 is 20.6 Å². The summed E-state index contributed by atoms with van der Waals surface area (Å²) in [5.74, 6) is -0.816. The normalized spacial score (nSPS) is 15.4. The Bertz CT molecular complexity index is 1210. The van der Waals surface area contributed by atoms with Crippen molar-refractivity contribution in [1.82, 2.24) is 9.55 Å². The molecule has 1 aliphatic carbocycles. The van der Waals surface area contributed by atoms with E-state index in [9.17, 15) is 14.7 Å². The maximum Gasteiger partial charge on any atom is 0.314 e. The Labute approximate surface area is 165 Å². The Morgan fingerprint density at radius 1 is 1.24 bits per heavy atom. The number of hydrogen-bond acceptors (Lipinski definition) is 5. The van der Waals surface area contributed by atoms with E-state index in [4.69, 9.17) is 10.9 Å². The fraction of sp³-hybridized carbons (Fsp3) is 0.238. The molecule has 1 fully saturated rings. The number of aliphatic carboxylic acids is 1. The topological polar surface area (TPSA) is 131 Å². The first kappa shape index (κ1) is 18.7. The molecule has 1 heterocycles. The minimum atomic E-state index is -0.826. The third-order valence-electron chi connectivity index (χ3n) is 5.58. The number of benzene rings is 2. The number of fused-ring (bicyclic) bond motifs is 1. The fourth-order valence-corrected chi connectivity index (χ4v) is 3.60. The molecule has 0 amide bonds. The predicted molar refractivity (Wildman–Crippen MR) is 107 cm³/mol. The van der Waals surface area contributed by atoms with Crippen LogP contribution in [0.3, 0.4) is 0 Å². The van der Waals surface area contributed by atoms with Gasteiger partial charge in [-0.3, -0.25) is 9.59 Å². The largest absolute Gasteiger partial charge is 0.481 e. The SMILES string of the molecule is Cn1c(=O)c(Cc2ccc(C(N)=NO)cc2)nc2cc(C3(C(=O)O)CC3)ccc21. The van der Waals surface area contributed by atoms with Crippen molar-refractivity contribution in [2.75, 3.05) is 0 Å². The molecule has 0 radical (unpaired) electrons. The van der Waals surface area contributed by atoms with Crippen LogP contribution in [-0.4, -0.2) is 31.7 Å². The molecule has 8 nitrogen and oxygen atoms in total. The number of carboxylic acid groups (broad SMARTS) is 1. The molecule has 0 bridgehead atoms. The van der Waals surface area contributed by atoms with Gasteiger partial charge in [0.05, 0.1) is 16.4 Å². The molecule has 2 aromatic carbocycles. The highest BCUT2D eigenvalue weighted by Crippen LogP contribution is 2.48. The Morgan fingerprint density at radius 3 is 2.52 bits per heavy atom. The Balaban J connectivity index is 1.73. The molecule has 0 unspecified atom stereocenters. The van der Waals surface area contributed by atoms with Gasteiger partial charge in [0, 0.05) is 19.0 Å². The molecule has 1 aliphatic rings. The van der Waals surface area contributed by atoms with E-state index < -0.39 is 11.4 Å². The number of nitrogens with zero attached hydrogens (tertiary/aromatic N) is 3. The molecule has 8 heteroatoms. The number of hydrogen-bond donors (Lipinski definition) is 3. The first-order valence-corrected chi connectivity index (χ1v) is 9.16. The van der Waals surface area contributed by atoms with Crippen LogP contribution in [0.25, 0.3) is 11.0 Å². The molecule has 1 aromatic heterocycles. The summed E-state index contributed by atoms with van der Waals surface area (Å²) in [6.45, 7) is 0. The zero-order valence-electron chi connectivity index (χ0n) is 15.8. The highest BCUT2D eigenvalue weighted by atomic mass is 16.4. The van der Waals surface area contributed by atoms with E-state index in [1.807, 2.05) is 0 Å². The van der Waals surface area contributed by atoms with Crippen LogP contribution in [0, 0.1) is 0 Å². The van der Waals surface area contributed by atoms with Crippen LogP contribution < -0.4 is 11.3 Å². The second-order valence-corrected chi connectivity index (χ2v) is 7.37. The summed E-state index contributed by atoms with van der Waals surface area (Å²) in [5.41, 5.74) is 8.31. The molecule has 0 aliphatic heterocycles. The average Bonchev–Trinajstić information content (AvgIpc) is 3.53. The van der Waals surface area contributed by atoms with E-state index in [1.54, 1.807) is 49.5 Å². The standard InChI is InChI=1S/C21H20N4O4/c1-25-17-7-6-14(21(8-9-21)20(27)28)11-15(17)23-16(19(25)26)10-12-2-4-13(5-3-12)18(22)24-29/h2-7,11,29H,8-10H2,1H3,(H2,22,24)(H,27,28). The highest BCUT2D eigenvalue weighted by molar-refractivity contribution is 5.97. The van der Waals surface area contributed by atoms with Gasteiger partial charge >= 0.3 is 5.97 Å². The maximum absolute atomic E-state index is 12.7. The van der Waals surface area contributed by atoms with E-state index in [0.717, 1.165) is 11.1 Å². The van der Waals surface area contributed by atoms with Crippen LogP contribution in [0.2, 0.25) is 0 Å². The lowest BCUT2D eigenvalue weighted by Gasteiger charge is -2.13. The number of carboxylic acids is 1. The van der Waals surface area contributed by atoms with Crippen molar-refractivity contribution in [2.24, 2.45) is 17.9 Å². The summed E-state index contributed by atoms with van der Waals surface area (Å²) in [4.78, 5) is 28.9. The first-order chi connectivity index (χ1) is 13.9. The van der Waals surface area contributed by atoms with Crippen LogP contribution in [0.15, 0.2) is 52.4 Å². The molecule has 29 heavy (non-hydrogen) atoms. The van der Waals surface area contributed by atoms with Crippen molar-refractivity contribution in [3.8, 4) is 0 Å². The van der Waals surface area contributed by atoms with Crippen molar-refractivity contribution in [3.05, 3.63) is 75.2 Å². The molecule has 0 atom stereocenters. The lowest BCUT2D eigenvalue weighted by atomic mass is 9.95. The molecule has 0 spiro atoms. The zero-order chi connectivity index (χ0) is 20.8. The minimum absolute atomic E-state index is 0.0104. The fourth-order valence-electron chi connectivity index (χ4n) is 3.60. The monoisotopic (exact) mass is 392 g/mol. The Kier molecular flexibility index (Phi) is 4.34. The van der Waals surface area contributed by atoms with Crippen molar-refractivity contribution >= 4 is 22.8 Å². The van der Waals surface area contributed by atoms with Gasteiger partial charge in [-0.2, -0.15) is 0 Å². The molecule has 4 rings (SSSR count). The number of carbonyl (C=O) groups is 1. The number of amidine groups is 1. The van der Waals surface area contributed by atoms with Gasteiger partial charge in [0.2, 0.25) is 0 Å². The van der Waals surface area contributed by atoms with E-state index in [0.29, 0.717) is 41.6 Å². The Morgan fingerprint density at radius 2 is 1.93 bits per heavy atom. The molecule has 148 valence electrons. The van der Waals surface area contributed by atoms with Crippen LogP contribution in [0.5, 0.6) is 0 Å². The lowest BCUT2D eigenvalue weighted by Crippen LogP contribution is -2.24. The first-order valence-electron chi connectivity index (χ1n) is 9.16. The number of rotatable bonds is 5. The van der Waals surface area contributed by atoms with Crippen LogP contribution >= 0.6 is 0 Å². The summed E-state index contributed by atoms with van der Waals surface area (Å²) in [6, 6.07) is 12.3. The lowest BCUT2D eigenvalue weighted by molar-refractivity contribution is -0.140. The summed E-state index contributed by atoms with van der Waals surface area (Å²) in [6.07, 6.45) is 1.53. The maximum atomic E-state index is 12.7. The number of aryl methyl sites for hydroxylation is 1. The van der Waals surface area contributed by atoms with Crippen molar-refractivity contribution in [1.29, 1.82) is 0 Å². The van der Waals surface area contributed by atoms with Crippen LogP contribution in [0.1, 0.15) is 35.2 Å². The molecule has 4 N–H and O–H groups in total. The Hall–Kier alpha value is -3.68. The number of nitrogens with two attached hydrogens (primary N) is 1. The third kappa shape index (κ3) is 3.12. The zero-order valence-corrected chi connectivity index (χ0v) is 15.8. The average molecular weight is 392 g/mol. The van der Waals surface area contributed by atoms with Gasteiger partial charge in [-0.05, 0) is 36.1 Å². The second-order valence-electron chi connectivity index (χ2n) is 7.37. The van der Waals surface area contributed by atoms with Gasteiger partial charge in [0.1, 0.15) is 5.69 Å². The summed E-state index contributed by atoms with van der Waals surface area (Å²) in [7, 11) is 1.68. The van der Waals surface area contributed by atoms with Gasteiger partial charge in [0.15, 0.2) is 5.84 Å². The molecule has 1 saturated carbocycles. The molecular weight excluding hydrogens is 372 g/mol. The van der Waals surface area contributed by atoms with Gasteiger partial charge in [-0.15, -0.1) is 0 Å². The van der Waals surface area contributed by atoms with E-state index >= 15 is 0 Å². The van der Waals surface area contributed by atoms with Crippen molar-refractivity contribution in [2.45, 2.75) is 24.7 Å². The second kappa shape index (κ2) is 6.73. The van der Waals surface area contributed by atoms with Gasteiger partial charge in [-0.25, -0.2) is 4.98 Å². The predicted octanol–water partition coefficient (Wildman–Crippen LogP) is 1.73. The van der Waals surface area contributed by atoms with Crippen molar-refractivity contribution in [3.63, 3.8) is 0 Å². The summed E-state index contributed by atoms with van der Waals surface area (Å²) < 4.78 is 1.53. The summed E-state index contributed by atoms with van der Waals surface area (Å²) >= 11 is 0. The van der Waals surface area contributed by atoms with E-state index in [-0.39, 0.29) is 11.4 Å². The molecule has 0 saturated heterocycles. The van der Waals surface area contributed by atoms with Gasteiger partial charge in [-0.1, -0.05) is 35.5 Å². The highest BCUT2D eigenvalue weighted by Gasteiger charge is 2.51.